The van der Waals surface area contributed by atoms with Gasteiger partial charge >= 0.3 is 0 Å². The van der Waals surface area contributed by atoms with E-state index in [0.29, 0.717) is 5.57 Å². The van der Waals surface area contributed by atoms with Gasteiger partial charge in [-0.25, -0.2) is 0 Å². The van der Waals surface area contributed by atoms with E-state index in [-0.39, 0.29) is 60.6 Å². The minimum atomic E-state index is -0.830. The van der Waals surface area contributed by atoms with Crippen LogP contribution in [0.25, 0.3) is 0 Å². The molecule has 0 radical (unpaired) electrons. The summed E-state index contributed by atoms with van der Waals surface area (Å²) in [6, 6.07) is -1.77. The van der Waals surface area contributed by atoms with Crippen molar-refractivity contribution in [2.75, 3.05) is 27.8 Å². The molecule has 5 amide bonds. The fourth-order valence-corrected chi connectivity index (χ4v) is 5.79. The van der Waals surface area contributed by atoms with Gasteiger partial charge in [-0.3, -0.25) is 38.6 Å². The topological polar surface area (TPSA) is 153 Å². The van der Waals surface area contributed by atoms with Gasteiger partial charge in [-0.05, 0) is 56.7 Å². The quantitative estimate of drug-likeness (QED) is 0.189. The van der Waals surface area contributed by atoms with E-state index in [4.69, 9.17) is 2.97 Å². The number of carbonyl (C=O) groups is 7. The van der Waals surface area contributed by atoms with Crippen molar-refractivity contribution in [1.29, 1.82) is 0 Å². The van der Waals surface area contributed by atoms with Gasteiger partial charge in [0.15, 0.2) is 5.78 Å². The van der Waals surface area contributed by atoms with Gasteiger partial charge in [-0.2, -0.15) is 0 Å². The Morgan fingerprint density at radius 2 is 1.45 bits per heavy atom. The molecular formula is C35H59N5O7. The number of hydrogen-bond donors (Lipinski definition) is 2. The number of ketones is 2. The van der Waals surface area contributed by atoms with Gasteiger partial charge in [0.05, 0.1) is 12.1 Å². The molecule has 1 rings (SSSR count). The first-order valence-corrected chi connectivity index (χ1v) is 16.2. The molecule has 0 aliphatic carbocycles. The Balaban J connectivity index is 0.0000113. The Morgan fingerprint density at radius 1 is 0.915 bits per heavy atom. The van der Waals surface area contributed by atoms with E-state index in [1.54, 1.807) is 24.9 Å². The van der Waals surface area contributed by atoms with Crippen molar-refractivity contribution in [2.24, 2.45) is 22.7 Å². The second kappa shape index (κ2) is 16.9. The summed E-state index contributed by atoms with van der Waals surface area (Å²) in [7, 11) is 5.33. The largest absolute Gasteiger partial charge is 0.342 e. The lowest BCUT2D eigenvalue weighted by Crippen LogP contribution is -2.60. The minimum Gasteiger partial charge on any atom is -0.342 e. The zero-order valence-electron chi connectivity index (χ0n) is 32.6. The third-order valence-electron chi connectivity index (χ3n) is 8.26. The highest BCUT2D eigenvalue weighted by Crippen LogP contribution is 2.27. The molecule has 0 aromatic heterocycles. The van der Waals surface area contributed by atoms with E-state index in [1.807, 2.05) is 74.4 Å². The highest BCUT2D eigenvalue weighted by atomic mass is 16.2. The summed E-state index contributed by atoms with van der Waals surface area (Å²) in [6.07, 6.45) is 3.91. The van der Waals surface area contributed by atoms with E-state index < -0.39 is 47.2 Å². The first-order chi connectivity index (χ1) is 22.4. The maximum atomic E-state index is 14.0. The Bertz CT molecular complexity index is 1260. The van der Waals surface area contributed by atoms with Crippen LogP contribution in [-0.4, -0.2) is 102 Å². The molecule has 0 saturated heterocycles. The smallest absolute Gasteiger partial charge is 0.255 e. The predicted octanol–water partition coefficient (Wildman–Crippen LogP) is 3.11. The lowest BCUT2D eigenvalue weighted by atomic mass is 9.82. The van der Waals surface area contributed by atoms with Crippen LogP contribution < -0.4 is 10.6 Å². The first-order valence-electron chi connectivity index (χ1n) is 17.2. The van der Waals surface area contributed by atoms with Gasteiger partial charge in [-0.1, -0.05) is 61.5 Å². The van der Waals surface area contributed by atoms with E-state index in [9.17, 15) is 33.6 Å². The Kier molecular flexibility index (Phi) is 14.2. The molecule has 0 aromatic rings. The number of nitrogens with one attached hydrogen (secondary N) is 2. The van der Waals surface area contributed by atoms with Gasteiger partial charge in [0, 0.05) is 40.9 Å². The predicted molar refractivity (Wildman–Crippen MR) is 183 cm³/mol. The van der Waals surface area contributed by atoms with Crippen molar-refractivity contribution in [2.45, 2.75) is 107 Å². The van der Waals surface area contributed by atoms with Crippen LogP contribution in [0.2, 0.25) is 0 Å². The van der Waals surface area contributed by atoms with Crippen molar-refractivity contribution >= 4 is 41.1 Å². The first kappa shape index (κ1) is 39.5. The summed E-state index contributed by atoms with van der Waals surface area (Å²) in [4.78, 5) is 93.4. The van der Waals surface area contributed by atoms with Gasteiger partial charge in [0.25, 0.3) is 11.8 Å². The van der Waals surface area contributed by atoms with Crippen LogP contribution >= 0.6 is 0 Å². The number of carbonyl (C=O) groups excluding carboxylic acids is 7. The molecule has 1 unspecified atom stereocenters. The van der Waals surface area contributed by atoms with Crippen LogP contribution in [0.1, 0.15) is 91.5 Å². The average Bonchev–Trinajstić information content (AvgIpc) is 3.29. The van der Waals surface area contributed by atoms with Crippen LogP contribution in [-0.2, 0) is 33.6 Å². The number of Topliss-reactive ketones (excluding diaryl/α,β-unsaturated/α-hetero) is 2. The molecule has 266 valence electrons. The maximum absolute atomic E-state index is 14.0. The van der Waals surface area contributed by atoms with E-state index in [1.165, 1.54) is 6.92 Å². The average molecular weight is 664 g/mol. The van der Waals surface area contributed by atoms with Crippen molar-refractivity contribution in [3.05, 3.63) is 23.8 Å². The molecule has 1 aliphatic heterocycles. The normalized spacial score (nSPS) is 16.8. The van der Waals surface area contributed by atoms with Crippen molar-refractivity contribution in [1.82, 2.24) is 25.3 Å². The number of imide groups is 1. The van der Waals surface area contributed by atoms with Crippen molar-refractivity contribution < 1.29 is 36.5 Å². The molecule has 0 fully saturated rings. The summed E-state index contributed by atoms with van der Waals surface area (Å²) in [5.41, 5.74) is -0.579. The van der Waals surface area contributed by atoms with Gasteiger partial charge in [0.1, 0.15) is 18.5 Å². The zero-order valence-corrected chi connectivity index (χ0v) is 30.6. The standard InChI is InChI=1S/C35H57N5O7.H2/c1-21(2)25(39(13)33(47)29(34(5,6)7)37-32(46)30(38(11)12)35(8,9)10)18-22(3)26(42)15-14-24(19-23(4)41)31(45)36-20-40-27(43)16-17-28(40)44;/h16-18,21,24-25,29-30H,14-15,19-20H2,1-13H3,(H,36,45)(H,37,46);1H/b22-18+;/t24?,25-,29-,30-;/m1./s1/i;1+1D. The van der Waals surface area contributed by atoms with Gasteiger partial charge in [-0.15, -0.1) is 0 Å². The number of hydrogen-bond acceptors (Lipinski definition) is 8. The molecule has 2 N–H and O–H groups in total. The molecule has 1 heterocycles. The maximum Gasteiger partial charge on any atom is 0.255 e. The number of nitrogens with zero attached hydrogens (tertiary/aromatic N) is 3. The molecule has 12 nitrogen and oxygen atoms in total. The molecule has 0 bridgehead atoms. The molecule has 0 saturated carbocycles. The summed E-state index contributed by atoms with van der Waals surface area (Å²) in [5, 5.41) is 5.54. The number of allylic oxidation sites excluding steroid dienone is 1. The minimum absolute atomic E-state index is 0.0291. The van der Waals surface area contributed by atoms with Crippen molar-refractivity contribution in [3.63, 3.8) is 0 Å². The van der Waals surface area contributed by atoms with Crippen molar-refractivity contribution in [3.8, 4) is 0 Å². The Labute approximate surface area is 283 Å². The van der Waals surface area contributed by atoms with Crippen LogP contribution in [0, 0.1) is 22.7 Å². The zero-order chi connectivity index (χ0) is 38.6. The van der Waals surface area contributed by atoms with Crippen LogP contribution in [0.3, 0.4) is 0 Å². The van der Waals surface area contributed by atoms with Gasteiger partial charge < -0.3 is 20.3 Å². The third kappa shape index (κ3) is 12.1. The fourth-order valence-electron chi connectivity index (χ4n) is 5.79. The van der Waals surface area contributed by atoms with E-state index in [0.717, 1.165) is 17.1 Å². The van der Waals surface area contributed by atoms with Gasteiger partial charge in [0.2, 0.25) is 17.7 Å². The SMILES string of the molecule is CC(=O)CC(CCC(=O)/C(C)=C/[C@H](C(C)C)N(C)C(=O)[C@@H](NC(=O)[C@@H](N(C)C)C(C)(C)C)C(C)(C)C)C(=O)NCN1C(=O)C=CC1=O.[2H][2H]. The Morgan fingerprint density at radius 3 is 1.87 bits per heavy atom. The molecule has 1 aliphatic rings. The highest BCUT2D eigenvalue weighted by molar-refractivity contribution is 6.13. The second-order valence-corrected chi connectivity index (χ2v) is 15.3. The summed E-state index contributed by atoms with van der Waals surface area (Å²) < 4.78 is 10.0. The number of likely N-dealkylation sites (N-methyl/N-ethyl adjacent to an activating group) is 2. The van der Waals surface area contributed by atoms with Crippen LogP contribution in [0.15, 0.2) is 23.8 Å². The summed E-state index contributed by atoms with van der Waals surface area (Å²) in [6.45, 7) is 18.2. The monoisotopic (exact) mass is 663 g/mol. The second-order valence-electron chi connectivity index (χ2n) is 15.3. The van der Waals surface area contributed by atoms with Crippen LogP contribution in [0.5, 0.6) is 0 Å². The summed E-state index contributed by atoms with van der Waals surface area (Å²) in [5.74, 6) is -3.54. The third-order valence-corrected chi connectivity index (χ3v) is 8.26. The van der Waals surface area contributed by atoms with E-state index in [2.05, 4.69) is 10.6 Å². The summed E-state index contributed by atoms with van der Waals surface area (Å²) >= 11 is 0. The highest BCUT2D eigenvalue weighted by Gasteiger charge is 2.41. The number of rotatable bonds is 16. The molecule has 0 spiro atoms. The molecular weight excluding hydrogens is 602 g/mol. The molecule has 4 atom stereocenters. The molecule has 12 heteroatoms. The lowest BCUT2D eigenvalue weighted by Gasteiger charge is -2.40. The molecule has 47 heavy (non-hydrogen) atoms. The fraction of sp³-hybridized carbons (Fsp3) is 0.686. The Hall–Kier alpha value is -3.67. The molecule has 0 aromatic carbocycles. The lowest BCUT2D eigenvalue weighted by molar-refractivity contribution is -0.142. The number of amides is 5. The van der Waals surface area contributed by atoms with Crippen LogP contribution in [0.4, 0.5) is 0 Å². The van der Waals surface area contributed by atoms with E-state index >= 15 is 0 Å².